The van der Waals surface area contributed by atoms with Gasteiger partial charge in [-0.2, -0.15) is 0 Å². The molecule has 0 unspecified atom stereocenters. The number of nitrogens with zero attached hydrogens (tertiary/aromatic N) is 1. The molecule has 1 aromatic heterocycles. The Morgan fingerprint density at radius 1 is 1.33 bits per heavy atom. The van der Waals surface area contributed by atoms with Gasteiger partial charge in [-0.15, -0.1) is 0 Å². The SMILES string of the molecule is Nc1ccncc1S(=O)(=O)NC1CCC(O)CC1. The standard InChI is InChI=1S/C11H17N3O3S/c12-10-5-6-13-7-11(10)18(16,17)14-8-1-3-9(15)4-2-8/h5-9,14-15H,1-4H2,(H2,12,13). The molecule has 1 fully saturated rings. The van der Waals surface area contributed by atoms with E-state index in [1.807, 2.05) is 0 Å². The van der Waals surface area contributed by atoms with Crippen LogP contribution >= 0.6 is 0 Å². The van der Waals surface area contributed by atoms with E-state index in [2.05, 4.69) is 9.71 Å². The maximum atomic E-state index is 12.1. The van der Waals surface area contributed by atoms with E-state index in [0.29, 0.717) is 25.7 Å². The van der Waals surface area contributed by atoms with Gasteiger partial charge in [0.05, 0.1) is 11.8 Å². The van der Waals surface area contributed by atoms with Gasteiger partial charge in [0.15, 0.2) is 0 Å². The number of nitrogens with two attached hydrogens (primary N) is 1. The fraction of sp³-hybridized carbons (Fsp3) is 0.545. The minimum atomic E-state index is -3.63. The van der Waals surface area contributed by atoms with Crippen molar-refractivity contribution >= 4 is 15.7 Å². The first kappa shape index (κ1) is 13.3. The summed E-state index contributed by atoms with van der Waals surface area (Å²) in [5.74, 6) is 0. The van der Waals surface area contributed by atoms with Gasteiger partial charge < -0.3 is 10.8 Å². The zero-order chi connectivity index (χ0) is 13.2. The second-order valence-electron chi connectivity index (χ2n) is 4.54. The summed E-state index contributed by atoms with van der Waals surface area (Å²) in [5, 5.41) is 9.38. The number of pyridine rings is 1. The molecule has 18 heavy (non-hydrogen) atoms. The Hall–Kier alpha value is -1.18. The first-order valence-corrected chi connectivity index (χ1v) is 7.37. The molecule has 0 bridgehead atoms. The van der Waals surface area contributed by atoms with Crippen LogP contribution in [0.15, 0.2) is 23.4 Å². The van der Waals surface area contributed by atoms with Gasteiger partial charge >= 0.3 is 0 Å². The van der Waals surface area contributed by atoms with Crippen LogP contribution < -0.4 is 10.5 Å². The second kappa shape index (κ2) is 5.21. The lowest BCUT2D eigenvalue weighted by Gasteiger charge is -2.26. The minimum absolute atomic E-state index is 0.0103. The predicted molar refractivity (Wildman–Crippen MR) is 67.2 cm³/mol. The summed E-state index contributed by atoms with van der Waals surface area (Å²) in [7, 11) is -3.63. The Morgan fingerprint density at radius 2 is 2.00 bits per heavy atom. The predicted octanol–water partition coefficient (Wildman–Crippen LogP) is 0.246. The van der Waals surface area contributed by atoms with E-state index in [0.717, 1.165) is 0 Å². The highest BCUT2D eigenvalue weighted by Crippen LogP contribution is 2.22. The molecule has 0 aromatic carbocycles. The van der Waals surface area contributed by atoms with Crippen LogP contribution in [0.5, 0.6) is 0 Å². The Morgan fingerprint density at radius 3 is 2.61 bits per heavy atom. The zero-order valence-electron chi connectivity index (χ0n) is 9.91. The number of aliphatic hydroxyl groups is 1. The summed E-state index contributed by atoms with van der Waals surface area (Å²) >= 11 is 0. The molecule has 0 saturated heterocycles. The van der Waals surface area contributed by atoms with Crippen LogP contribution in [-0.2, 0) is 10.0 Å². The molecule has 1 aliphatic carbocycles. The molecule has 7 heteroatoms. The van der Waals surface area contributed by atoms with E-state index >= 15 is 0 Å². The van der Waals surface area contributed by atoms with Gasteiger partial charge in [0, 0.05) is 18.4 Å². The highest BCUT2D eigenvalue weighted by Gasteiger charge is 2.25. The fourth-order valence-electron chi connectivity index (χ4n) is 2.09. The van der Waals surface area contributed by atoms with Gasteiger partial charge in [0.2, 0.25) is 10.0 Å². The lowest BCUT2D eigenvalue weighted by molar-refractivity contribution is 0.120. The average molecular weight is 271 g/mol. The smallest absolute Gasteiger partial charge is 0.244 e. The van der Waals surface area contributed by atoms with Crippen LogP contribution in [0.25, 0.3) is 0 Å². The molecule has 100 valence electrons. The Labute approximate surface area is 106 Å². The molecule has 4 N–H and O–H groups in total. The van der Waals surface area contributed by atoms with Crippen LogP contribution in [0.2, 0.25) is 0 Å². The molecule has 1 aromatic rings. The summed E-state index contributed by atoms with van der Waals surface area (Å²) in [6.07, 6.45) is 4.90. The van der Waals surface area contributed by atoms with E-state index in [9.17, 15) is 13.5 Å². The molecule has 0 radical (unpaired) electrons. The quantitative estimate of drug-likeness (QED) is 0.730. The molecular formula is C11H17N3O3S. The molecule has 0 spiro atoms. The summed E-state index contributed by atoms with van der Waals surface area (Å²) in [6, 6.07) is 1.32. The molecule has 0 amide bonds. The topological polar surface area (TPSA) is 105 Å². The van der Waals surface area contributed by atoms with Crippen molar-refractivity contribution in [3.05, 3.63) is 18.5 Å². The van der Waals surface area contributed by atoms with Gasteiger partial charge in [0.25, 0.3) is 0 Å². The molecule has 0 aliphatic heterocycles. The van der Waals surface area contributed by atoms with E-state index in [4.69, 9.17) is 5.73 Å². The minimum Gasteiger partial charge on any atom is -0.398 e. The van der Waals surface area contributed by atoms with Crippen LogP contribution in [0, 0.1) is 0 Å². The number of hydrogen-bond acceptors (Lipinski definition) is 5. The number of hydrogen-bond donors (Lipinski definition) is 3. The number of aromatic nitrogens is 1. The lowest BCUT2D eigenvalue weighted by Crippen LogP contribution is -2.38. The van der Waals surface area contributed by atoms with Crippen LogP contribution in [0.3, 0.4) is 0 Å². The molecule has 1 heterocycles. The molecule has 2 rings (SSSR count). The highest BCUT2D eigenvalue weighted by molar-refractivity contribution is 7.89. The van der Waals surface area contributed by atoms with Crippen molar-refractivity contribution < 1.29 is 13.5 Å². The van der Waals surface area contributed by atoms with E-state index in [-0.39, 0.29) is 22.7 Å². The number of nitrogen functional groups attached to an aromatic ring is 1. The Kier molecular flexibility index (Phi) is 3.84. The summed E-state index contributed by atoms with van der Waals surface area (Å²) in [6.45, 7) is 0. The van der Waals surface area contributed by atoms with E-state index in [1.165, 1.54) is 18.5 Å². The van der Waals surface area contributed by atoms with Gasteiger partial charge in [-0.1, -0.05) is 0 Å². The Balaban J connectivity index is 2.11. The summed E-state index contributed by atoms with van der Waals surface area (Å²) < 4.78 is 26.8. The highest BCUT2D eigenvalue weighted by atomic mass is 32.2. The average Bonchev–Trinajstić information content (AvgIpc) is 2.32. The Bertz CT molecular complexity index is 510. The fourth-order valence-corrected chi connectivity index (χ4v) is 3.47. The number of aliphatic hydroxyl groups excluding tert-OH is 1. The second-order valence-corrected chi connectivity index (χ2v) is 6.22. The molecular weight excluding hydrogens is 254 g/mol. The summed E-state index contributed by atoms with van der Waals surface area (Å²) in [5.41, 5.74) is 5.82. The van der Waals surface area contributed by atoms with Crippen LogP contribution in [-0.4, -0.2) is 30.7 Å². The maximum Gasteiger partial charge on any atom is 0.244 e. The molecule has 1 aliphatic rings. The van der Waals surface area contributed by atoms with Crippen LogP contribution in [0.4, 0.5) is 5.69 Å². The maximum absolute atomic E-state index is 12.1. The van der Waals surface area contributed by atoms with Crippen molar-refractivity contribution in [2.45, 2.75) is 42.7 Å². The van der Waals surface area contributed by atoms with Crippen LogP contribution in [0.1, 0.15) is 25.7 Å². The van der Waals surface area contributed by atoms with Crippen molar-refractivity contribution in [2.75, 3.05) is 5.73 Å². The third-order valence-electron chi connectivity index (χ3n) is 3.12. The van der Waals surface area contributed by atoms with Gasteiger partial charge in [-0.05, 0) is 31.7 Å². The van der Waals surface area contributed by atoms with Crippen molar-refractivity contribution in [1.82, 2.24) is 9.71 Å². The van der Waals surface area contributed by atoms with Crippen molar-refractivity contribution in [2.24, 2.45) is 0 Å². The largest absolute Gasteiger partial charge is 0.398 e. The zero-order valence-corrected chi connectivity index (χ0v) is 10.7. The first-order chi connectivity index (χ1) is 8.49. The number of nitrogens with one attached hydrogen (secondary N) is 1. The van der Waals surface area contributed by atoms with Crippen molar-refractivity contribution in [3.63, 3.8) is 0 Å². The number of rotatable bonds is 3. The molecule has 6 nitrogen and oxygen atoms in total. The summed E-state index contributed by atoms with van der Waals surface area (Å²) in [4.78, 5) is 3.79. The first-order valence-electron chi connectivity index (χ1n) is 5.89. The third-order valence-corrected chi connectivity index (χ3v) is 4.69. The molecule has 0 atom stereocenters. The normalized spacial score (nSPS) is 24.9. The van der Waals surface area contributed by atoms with Crippen molar-refractivity contribution in [1.29, 1.82) is 0 Å². The van der Waals surface area contributed by atoms with E-state index < -0.39 is 10.0 Å². The number of sulfonamides is 1. The van der Waals surface area contributed by atoms with Crippen molar-refractivity contribution in [3.8, 4) is 0 Å². The molecule has 1 saturated carbocycles. The van der Waals surface area contributed by atoms with Gasteiger partial charge in [0.1, 0.15) is 4.90 Å². The van der Waals surface area contributed by atoms with E-state index in [1.54, 1.807) is 0 Å². The third kappa shape index (κ3) is 2.98. The number of anilines is 1. The lowest BCUT2D eigenvalue weighted by atomic mass is 9.94. The van der Waals surface area contributed by atoms with Gasteiger partial charge in [-0.25, -0.2) is 13.1 Å². The van der Waals surface area contributed by atoms with Gasteiger partial charge in [-0.3, -0.25) is 4.98 Å². The monoisotopic (exact) mass is 271 g/mol.